The maximum atomic E-state index is 12.5. The second-order valence-corrected chi connectivity index (χ2v) is 7.52. The van der Waals surface area contributed by atoms with Crippen molar-refractivity contribution in [2.75, 3.05) is 19.6 Å². The predicted molar refractivity (Wildman–Crippen MR) is 75.4 cm³/mol. The van der Waals surface area contributed by atoms with E-state index < -0.39 is 10.0 Å². The van der Waals surface area contributed by atoms with E-state index in [2.05, 4.69) is 21.2 Å². The molecule has 0 unspecified atom stereocenters. The average Bonchev–Trinajstić information content (AvgIpc) is 2.28. The number of hydrogen-bond acceptors (Lipinski definition) is 3. The smallest absolute Gasteiger partial charge is 0.244 e. The molecule has 0 bridgehead atoms. The summed E-state index contributed by atoms with van der Waals surface area (Å²) in [4.78, 5) is 0.168. The highest BCUT2D eigenvalue weighted by molar-refractivity contribution is 9.10. The molecule has 1 aromatic rings. The molecule has 7 heteroatoms. The lowest BCUT2D eigenvalue weighted by Crippen LogP contribution is -2.51. The van der Waals surface area contributed by atoms with E-state index in [1.54, 1.807) is 12.1 Å². The van der Waals surface area contributed by atoms with Gasteiger partial charge in [-0.25, -0.2) is 8.42 Å². The third-order valence-corrected chi connectivity index (χ3v) is 5.68. The zero-order valence-corrected chi connectivity index (χ0v) is 13.0. The Morgan fingerprint density at radius 1 is 1.50 bits per heavy atom. The van der Waals surface area contributed by atoms with Gasteiger partial charge in [0.1, 0.15) is 4.90 Å². The molecular weight excluding hydrogens is 340 g/mol. The maximum absolute atomic E-state index is 12.5. The quantitative estimate of drug-likeness (QED) is 0.885. The van der Waals surface area contributed by atoms with Gasteiger partial charge >= 0.3 is 0 Å². The van der Waals surface area contributed by atoms with Crippen molar-refractivity contribution in [3.8, 4) is 0 Å². The summed E-state index contributed by atoms with van der Waals surface area (Å²) in [7, 11) is -3.50. The molecule has 100 valence electrons. The average molecular weight is 354 g/mol. The fourth-order valence-corrected chi connectivity index (χ4v) is 4.48. The number of halogens is 2. The molecule has 18 heavy (non-hydrogen) atoms. The second-order valence-electron chi connectivity index (χ2n) is 4.29. The van der Waals surface area contributed by atoms with E-state index >= 15 is 0 Å². The van der Waals surface area contributed by atoms with Crippen LogP contribution in [0, 0.1) is 0 Å². The maximum Gasteiger partial charge on any atom is 0.244 e. The van der Waals surface area contributed by atoms with Gasteiger partial charge in [0.15, 0.2) is 0 Å². The standard InChI is InChI=1S/C11H14BrClN2O2S/c1-8-7-15(5-4-14-8)18(16,17)11-3-2-9(12)6-10(11)13/h2-3,6,8,14H,4-5,7H2,1H3/t8-/m1/s1. The fourth-order valence-electron chi connectivity index (χ4n) is 1.94. The number of sulfonamides is 1. The Labute approximate surface area is 120 Å². The number of nitrogens with one attached hydrogen (secondary N) is 1. The van der Waals surface area contributed by atoms with Gasteiger partial charge in [-0.2, -0.15) is 4.31 Å². The van der Waals surface area contributed by atoms with Gasteiger partial charge in [0.2, 0.25) is 10.0 Å². The van der Waals surface area contributed by atoms with Crippen LogP contribution in [0.2, 0.25) is 5.02 Å². The molecule has 1 N–H and O–H groups in total. The van der Waals surface area contributed by atoms with Gasteiger partial charge in [-0.05, 0) is 25.1 Å². The molecule has 1 atom stereocenters. The molecule has 0 saturated carbocycles. The van der Waals surface area contributed by atoms with Crippen LogP contribution in [0.1, 0.15) is 6.92 Å². The molecule has 0 spiro atoms. The minimum atomic E-state index is -3.50. The van der Waals surface area contributed by atoms with Gasteiger partial charge in [-0.15, -0.1) is 0 Å². The van der Waals surface area contributed by atoms with Crippen LogP contribution in [0.15, 0.2) is 27.6 Å². The zero-order valence-electron chi connectivity index (χ0n) is 9.86. The van der Waals surface area contributed by atoms with Crippen molar-refractivity contribution in [3.63, 3.8) is 0 Å². The molecule has 1 saturated heterocycles. The first-order valence-corrected chi connectivity index (χ1v) is 8.21. The van der Waals surface area contributed by atoms with Crippen molar-refractivity contribution in [3.05, 3.63) is 27.7 Å². The van der Waals surface area contributed by atoms with Crippen LogP contribution >= 0.6 is 27.5 Å². The number of nitrogens with zero attached hydrogens (tertiary/aromatic N) is 1. The van der Waals surface area contributed by atoms with Crippen LogP contribution in [-0.2, 0) is 10.0 Å². The lowest BCUT2D eigenvalue weighted by molar-refractivity contribution is 0.310. The second kappa shape index (κ2) is 5.46. The van der Waals surface area contributed by atoms with E-state index in [1.807, 2.05) is 6.92 Å². The van der Waals surface area contributed by atoms with Crippen molar-refractivity contribution in [1.82, 2.24) is 9.62 Å². The van der Waals surface area contributed by atoms with Crippen LogP contribution in [0.3, 0.4) is 0 Å². The SMILES string of the molecule is C[C@@H]1CN(S(=O)(=O)c2ccc(Br)cc2Cl)CCN1. The predicted octanol–water partition coefficient (Wildman–Crippen LogP) is 2.08. The molecule has 1 aromatic carbocycles. The molecule has 1 aliphatic rings. The van der Waals surface area contributed by atoms with Crippen LogP contribution < -0.4 is 5.32 Å². The highest BCUT2D eigenvalue weighted by atomic mass is 79.9. The lowest BCUT2D eigenvalue weighted by Gasteiger charge is -2.31. The Hall–Kier alpha value is -0.140. The van der Waals surface area contributed by atoms with E-state index in [4.69, 9.17) is 11.6 Å². The largest absolute Gasteiger partial charge is 0.312 e. The van der Waals surface area contributed by atoms with Crippen LogP contribution in [0.25, 0.3) is 0 Å². The van der Waals surface area contributed by atoms with Crippen molar-refractivity contribution in [2.24, 2.45) is 0 Å². The Kier molecular flexibility index (Phi) is 4.33. The normalized spacial score (nSPS) is 22.1. The molecule has 0 radical (unpaired) electrons. The van der Waals surface area contributed by atoms with Crippen molar-refractivity contribution in [2.45, 2.75) is 17.9 Å². The summed E-state index contributed by atoms with van der Waals surface area (Å²) in [6.45, 7) is 3.56. The first-order valence-electron chi connectivity index (χ1n) is 5.60. The molecule has 2 rings (SSSR count). The summed E-state index contributed by atoms with van der Waals surface area (Å²) in [6, 6.07) is 4.97. The number of hydrogen-bond donors (Lipinski definition) is 1. The van der Waals surface area contributed by atoms with Crippen LogP contribution in [-0.4, -0.2) is 38.4 Å². The summed E-state index contributed by atoms with van der Waals surface area (Å²) >= 11 is 9.28. The minimum absolute atomic E-state index is 0.155. The van der Waals surface area contributed by atoms with Crippen LogP contribution in [0.5, 0.6) is 0 Å². The topological polar surface area (TPSA) is 49.4 Å². The fraction of sp³-hybridized carbons (Fsp3) is 0.455. The van der Waals surface area contributed by atoms with Gasteiger partial charge in [0.05, 0.1) is 5.02 Å². The molecular formula is C11H14BrClN2O2S. The zero-order chi connectivity index (χ0) is 13.3. The third kappa shape index (κ3) is 2.88. The Morgan fingerprint density at radius 2 is 2.22 bits per heavy atom. The van der Waals surface area contributed by atoms with E-state index in [-0.39, 0.29) is 16.0 Å². The molecule has 0 aliphatic carbocycles. The molecule has 1 aliphatic heterocycles. The monoisotopic (exact) mass is 352 g/mol. The van der Waals surface area contributed by atoms with Gasteiger partial charge in [0, 0.05) is 30.1 Å². The number of piperazine rings is 1. The molecule has 0 amide bonds. The number of benzene rings is 1. The summed E-state index contributed by atoms with van der Waals surface area (Å²) in [5.41, 5.74) is 0. The van der Waals surface area contributed by atoms with E-state index in [0.717, 1.165) is 4.47 Å². The summed E-state index contributed by atoms with van der Waals surface area (Å²) in [5, 5.41) is 3.46. The Balaban J connectivity index is 2.35. The van der Waals surface area contributed by atoms with Gasteiger partial charge < -0.3 is 5.32 Å². The highest BCUT2D eigenvalue weighted by Crippen LogP contribution is 2.28. The molecule has 1 heterocycles. The van der Waals surface area contributed by atoms with Gasteiger partial charge in [0.25, 0.3) is 0 Å². The van der Waals surface area contributed by atoms with Gasteiger partial charge in [-0.1, -0.05) is 27.5 Å². The van der Waals surface area contributed by atoms with Crippen molar-refractivity contribution < 1.29 is 8.42 Å². The first-order chi connectivity index (χ1) is 8.41. The van der Waals surface area contributed by atoms with E-state index in [0.29, 0.717) is 19.6 Å². The van der Waals surface area contributed by atoms with Gasteiger partial charge in [-0.3, -0.25) is 0 Å². The van der Waals surface area contributed by atoms with E-state index in [9.17, 15) is 8.42 Å². The van der Waals surface area contributed by atoms with Crippen LogP contribution in [0.4, 0.5) is 0 Å². The molecule has 4 nitrogen and oxygen atoms in total. The Bertz CT molecular complexity index is 550. The molecule has 1 fully saturated rings. The van der Waals surface area contributed by atoms with Crippen molar-refractivity contribution >= 4 is 37.6 Å². The summed E-state index contributed by atoms with van der Waals surface area (Å²) in [5.74, 6) is 0. The summed E-state index contributed by atoms with van der Waals surface area (Å²) < 4.78 is 27.2. The summed E-state index contributed by atoms with van der Waals surface area (Å²) in [6.07, 6.45) is 0. The van der Waals surface area contributed by atoms with E-state index in [1.165, 1.54) is 10.4 Å². The highest BCUT2D eigenvalue weighted by Gasteiger charge is 2.29. The van der Waals surface area contributed by atoms with Crippen molar-refractivity contribution in [1.29, 1.82) is 0 Å². The number of rotatable bonds is 2. The minimum Gasteiger partial charge on any atom is -0.312 e. The first kappa shape index (κ1) is 14.3. The molecule has 0 aromatic heterocycles. The third-order valence-electron chi connectivity index (χ3n) is 2.84. The lowest BCUT2D eigenvalue weighted by atomic mass is 10.3. The Morgan fingerprint density at radius 3 is 2.83 bits per heavy atom.